The van der Waals surface area contributed by atoms with Crippen LogP contribution < -0.4 is 24.4 Å². The van der Waals surface area contributed by atoms with Gasteiger partial charge in [-0.1, -0.05) is 57.9 Å². The maximum atomic E-state index is 13.5. The molecule has 0 aliphatic rings. The van der Waals surface area contributed by atoms with Crippen LogP contribution in [-0.4, -0.2) is 43.9 Å². The van der Waals surface area contributed by atoms with Crippen molar-refractivity contribution in [2.75, 3.05) is 20.8 Å². The summed E-state index contributed by atoms with van der Waals surface area (Å²) in [7, 11) is 3.03. The molecule has 44 heavy (non-hydrogen) atoms. The monoisotopic (exact) mass is 675 g/mol. The second kappa shape index (κ2) is 13.7. The van der Waals surface area contributed by atoms with Crippen LogP contribution in [0.4, 0.5) is 0 Å². The van der Waals surface area contributed by atoms with Crippen molar-refractivity contribution < 1.29 is 28.5 Å². The number of H-pyrrole nitrogens is 1. The van der Waals surface area contributed by atoms with Crippen LogP contribution >= 0.6 is 27.5 Å². The minimum Gasteiger partial charge on any atom is -0.496 e. The molecule has 0 unspecified atom stereocenters. The summed E-state index contributed by atoms with van der Waals surface area (Å²) in [5.74, 6) is 0.335. The van der Waals surface area contributed by atoms with Crippen molar-refractivity contribution in [1.29, 1.82) is 0 Å². The lowest BCUT2D eigenvalue weighted by atomic mass is 10.0. The number of halogens is 2. The Morgan fingerprint density at radius 2 is 1.66 bits per heavy atom. The van der Waals surface area contributed by atoms with E-state index in [0.717, 1.165) is 15.4 Å². The normalized spacial score (nSPS) is 11.0. The van der Waals surface area contributed by atoms with Crippen molar-refractivity contribution in [2.45, 2.75) is 6.92 Å². The third kappa shape index (κ3) is 6.41. The molecule has 0 radical (unpaired) electrons. The van der Waals surface area contributed by atoms with E-state index in [2.05, 4.69) is 31.4 Å². The number of ether oxygens (including phenoxy) is 4. The Labute approximate surface area is 266 Å². The lowest BCUT2D eigenvalue weighted by molar-refractivity contribution is 0.0724. The van der Waals surface area contributed by atoms with Gasteiger partial charge in [0.1, 0.15) is 22.8 Å². The number of aromatic amines is 1. The van der Waals surface area contributed by atoms with Gasteiger partial charge in [0.05, 0.1) is 32.6 Å². The Kier molecular flexibility index (Phi) is 9.52. The first-order chi connectivity index (χ1) is 21.3. The van der Waals surface area contributed by atoms with Crippen LogP contribution in [0.5, 0.6) is 23.0 Å². The summed E-state index contributed by atoms with van der Waals surface area (Å²) >= 11 is 9.70. The number of carbonyl (C=O) groups excluding carboxylic acids is 2. The Bertz CT molecular complexity index is 1870. The van der Waals surface area contributed by atoms with Gasteiger partial charge < -0.3 is 23.9 Å². The molecule has 0 bridgehead atoms. The Morgan fingerprint density at radius 3 is 2.39 bits per heavy atom. The van der Waals surface area contributed by atoms with Gasteiger partial charge in [0.15, 0.2) is 11.5 Å². The van der Waals surface area contributed by atoms with Crippen molar-refractivity contribution in [3.8, 4) is 34.1 Å². The highest BCUT2D eigenvalue weighted by Crippen LogP contribution is 2.41. The summed E-state index contributed by atoms with van der Waals surface area (Å²) in [6.07, 6.45) is 1.47. The number of hydrogen-bond acceptors (Lipinski definition) is 7. The number of nitrogens with zero attached hydrogens (tertiary/aromatic N) is 1. The fraction of sp³-hybridized carbons (Fsp3) is 0.121. The molecule has 224 valence electrons. The molecule has 5 rings (SSSR count). The number of carbonyl (C=O) groups is 2. The van der Waals surface area contributed by atoms with Crippen molar-refractivity contribution in [1.82, 2.24) is 10.4 Å². The summed E-state index contributed by atoms with van der Waals surface area (Å²) in [6.45, 7) is 2.13. The van der Waals surface area contributed by atoms with E-state index < -0.39 is 11.9 Å². The fourth-order valence-electron chi connectivity index (χ4n) is 4.65. The van der Waals surface area contributed by atoms with Crippen LogP contribution in [0.1, 0.15) is 33.3 Å². The number of aromatic nitrogens is 1. The number of methoxy groups -OCH3 is 2. The quantitative estimate of drug-likeness (QED) is 0.0681. The Hall–Kier alpha value is -4.80. The van der Waals surface area contributed by atoms with Gasteiger partial charge in [-0.25, -0.2) is 10.2 Å². The van der Waals surface area contributed by atoms with E-state index in [1.807, 2.05) is 49.4 Å². The molecule has 0 fully saturated rings. The summed E-state index contributed by atoms with van der Waals surface area (Å²) < 4.78 is 23.0. The maximum Gasteiger partial charge on any atom is 0.347 e. The van der Waals surface area contributed by atoms with Crippen molar-refractivity contribution in [3.05, 3.63) is 105 Å². The van der Waals surface area contributed by atoms with Crippen LogP contribution in [0.3, 0.4) is 0 Å². The first kappa shape index (κ1) is 30.7. The predicted octanol–water partition coefficient (Wildman–Crippen LogP) is 7.65. The van der Waals surface area contributed by atoms with Crippen LogP contribution in [0.2, 0.25) is 5.02 Å². The molecule has 0 saturated heterocycles. The van der Waals surface area contributed by atoms with Crippen molar-refractivity contribution in [3.63, 3.8) is 0 Å². The van der Waals surface area contributed by atoms with Crippen molar-refractivity contribution >= 4 is 56.5 Å². The number of fused-ring (bicyclic) bond motifs is 1. The molecule has 5 aromatic rings. The smallest absolute Gasteiger partial charge is 0.347 e. The van der Waals surface area contributed by atoms with Crippen LogP contribution in [0.25, 0.3) is 22.0 Å². The lowest BCUT2D eigenvalue weighted by Crippen LogP contribution is -2.19. The molecule has 11 heteroatoms. The molecular formula is C33H27BrClN3O6. The molecule has 4 aromatic carbocycles. The van der Waals surface area contributed by atoms with Crippen LogP contribution in [-0.2, 0) is 0 Å². The summed E-state index contributed by atoms with van der Waals surface area (Å²) in [5, 5.41) is 5.36. The number of nitrogens with one attached hydrogen (secondary N) is 2. The highest BCUT2D eigenvalue weighted by molar-refractivity contribution is 9.10. The largest absolute Gasteiger partial charge is 0.496 e. The highest BCUT2D eigenvalue weighted by atomic mass is 79.9. The minimum absolute atomic E-state index is 0.173. The summed E-state index contributed by atoms with van der Waals surface area (Å²) in [5.41, 5.74) is 5.93. The summed E-state index contributed by atoms with van der Waals surface area (Å²) in [4.78, 5) is 29.6. The molecule has 1 amide bonds. The molecule has 1 aromatic heterocycles. The number of hydrazone groups is 1. The lowest BCUT2D eigenvalue weighted by Gasteiger charge is -2.13. The third-order valence-electron chi connectivity index (χ3n) is 6.61. The molecule has 0 aliphatic carbocycles. The SMILES string of the molecule is CCOc1cc(C=NNC(=O)c2[nH]c3c(OC)ccc(Br)c3c2-c2ccccc2)ccc1OC(=O)c1cc(Cl)ccc1OC. The Morgan fingerprint density at radius 1 is 0.932 bits per heavy atom. The average Bonchev–Trinajstić information content (AvgIpc) is 3.45. The minimum atomic E-state index is -0.658. The van der Waals surface area contributed by atoms with Gasteiger partial charge >= 0.3 is 5.97 Å². The number of amides is 1. The first-order valence-corrected chi connectivity index (χ1v) is 14.6. The predicted molar refractivity (Wildman–Crippen MR) is 174 cm³/mol. The standard InChI is InChI=1S/C33H27BrClN3O6/c1-4-43-27-16-19(10-13-25(27)44-33(40)22-17-21(35)11-14-24(22)41-2)18-36-38-32(39)31-28(20-8-6-5-7-9-20)29-23(34)12-15-26(42-3)30(29)37-31/h5-18,37H,4H2,1-3H3,(H,38,39). The zero-order chi connectivity index (χ0) is 31.2. The van der Waals surface area contributed by atoms with Gasteiger partial charge in [-0.15, -0.1) is 0 Å². The molecule has 1 heterocycles. The molecular weight excluding hydrogens is 650 g/mol. The van der Waals surface area contributed by atoms with Crippen LogP contribution in [0, 0.1) is 0 Å². The third-order valence-corrected chi connectivity index (χ3v) is 7.50. The highest BCUT2D eigenvalue weighted by Gasteiger charge is 2.23. The Balaban J connectivity index is 1.40. The van der Waals surface area contributed by atoms with Crippen LogP contribution in [0.15, 0.2) is 88.4 Å². The molecule has 0 saturated carbocycles. The molecule has 9 nitrogen and oxygen atoms in total. The van der Waals surface area contributed by atoms with Gasteiger partial charge in [-0.3, -0.25) is 4.79 Å². The van der Waals surface area contributed by atoms with E-state index in [4.69, 9.17) is 30.5 Å². The van der Waals surface area contributed by atoms with Gasteiger partial charge in [0.25, 0.3) is 5.91 Å². The summed E-state index contributed by atoms with van der Waals surface area (Å²) in [6, 6.07) is 22.9. The number of rotatable bonds is 10. The zero-order valence-electron chi connectivity index (χ0n) is 23.9. The van der Waals surface area contributed by atoms with Gasteiger partial charge in [0, 0.05) is 20.4 Å². The van der Waals surface area contributed by atoms with Crippen molar-refractivity contribution in [2.24, 2.45) is 5.10 Å². The van der Waals surface area contributed by atoms with Gasteiger partial charge in [0.2, 0.25) is 0 Å². The molecule has 0 aliphatic heterocycles. The number of esters is 1. The van der Waals surface area contributed by atoms with E-state index in [9.17, 15) is 9.59 Å². The van der Waals surface area contributed by atoms with E-state index in [1.165, 1.54) is 19.4 Å². The van der Waals surface area contributed by atoms with Gasteiger partial charge in [-0.2, -0.15) is 5.10 Å². The van der Waals surface area contributed by atoms with Gasteiger partial charge in [-0.05, 0) is 66.6 Å². The van der Waals surface area contributed by atoms with E-state index >= 15 is 0 Å². The number of hydrogen-bond donors (Lipinski definition) is 2. The second-order valence-corrected chi connectivity index (χ2v) is 10.6. The maximum absolute atomic E-state index is 13.5. The van der Waals surface area contributed by atoms with E-state index in [1.54, 1.807) is 37.4 Å². The second-order valence-electron chi connectivity index (χ2n) is 9.31. The molecule has 0 spiro atoms. The first-order valence-electron chi connectivity index (χ1n) is 13.4. The van der Waals surface area contributed by atoms with E-state index in [0.29, 0.717) is 51.2 Å². The topological polar surface area (TPSA) is 111 Å². The molecule has 2 N–H and O–H groups in total. The number of benzene rings is 4. The zero-order valence-corrected chi connectivity index (χ0v) is 26.3. The molecule has 0 atom stereocenters. The fourth-order valence-corrected chi connectivity index (χ4v) is 5.35. The average molecular weight is 677 g/mol. The van der Waals surface area contributed by atoms with E-state index in [-0.39, 0.29) is 11.3 Å².